The molecule has 0 saturated carbocycles. The van der Waals surface area contributed by atoms with Crippen molar-refractivity contribution >= 4 is 19.8 Å². The van der Waals surface area contributed by atoms with E-state index in [0.29, 0.717) is 43.1 Å². The molecule has 0 bridgehead atoms. The zero-order chi connectivity index (χ0) is 45.1. The van der Waals surface area contributed by atoms with E-state index in [9.17, 15) is 24.2 Å². The number of rotatable bonds is 37. The van der Waals surface area contributed by atoms with Gasteiger partial charge in [-0.25, -0.2) is 0 Å². The summed E-state index contributed by atoms with van der Waals surface area (Å²) in [5, 5.41) is 9.85. The zero-order valence-corrected chi connectivity index (χ0v) is 38.8. The number of allylic oxidation sites excluding steroid dienone is 20. The second kappa shape index (κ2) is 40.2. The summed E-state index contributed by atoms with van der Waals surface area (Å²) in [6.45, 7) is 3.69. The predicted molar refractivity (Wildman–Crippen MR) is 250 cm³/mol. The maximum absolute atomic E-state index is 12.7. The van der Waals surface area contributed by atoms with Crippen LogP contribution in [0.5, 0.6) is 0 Å². The normalized spacial score (nSPS) is 15.3. The maximum atomic E-state index is 12.7. The third-order valence-corrected chi connectivity index (χ3v) is 9.22. The van der Waals surface area contributed by atoms with Crippen LogP contribution in [0.2, 0.25) is 0 Å². The van der Waals surface area contributed by atoms with Crippen molar-refractivity contribution in [3.05, 3.63) is 134 Å². The van der Waals surface area contributed by atoms with Crippen molar-refractivity contribution in [2.45, 2.75) is 122 Å². The summed E-state index contributed by atoms with van der Waals surface area (Å²) >= 11 is 0. The topological polar surface area (TPSA) is 131 Å². The summed E-state index contributed by atoms with van der Waals surface area (Å²) < 4.78 is 33.7. The molecule has 11 heteroatoms. The van der Waals surface area contributed by atoms with Gasteiger partial charge in [-0.15, -0.1) is 0 Å². The van der Waals surface area contributed by atoms with E-state index in [0.717, 1.165) is 51.4 Å². The standard InChI is InChI=1S/C50H78NO9P/c1-6-8-10-11-12-13-14-15-16-17-18-21-24-27-30-33-37-41-49(53)57-45-48(46-59-61(55,56)58-44-43-51(3,4)5)60-50(54)42-38-34-31-28-25-22-19-20-23-26-29-32-36-40-47(52)39-35-9-7-2/h8-10,12-13,15-16,18,20-23,25,27,29-32,34-36,40,47-48,52H,6-7,11,14,17,19,24,26,28,33,37-39,41-46H2,1-5H3/b10-8-,13-12-,16-15-,21-18-,23-20-,25-22-,30-27-,32-29+,34-31-,35-9-,40-36+/t47?,48-/m1/s1. The number of nitrogens with zero attached hydrogens (tertiary/aromatic N) is 1. The monoisotopic (exact) mass is 868 g/mol. The molecule has 0 spiro atoms. The van der Waals surface area contributed by atoms with Crippen LogP contribution in [0.1, 0.15) is 110 Å². The van der Waals surface area contributed by atoms with Gasteiger partial charge in [-0.05, 0) is 83.5 Å². The molecule has 61 heavy (non-hydrogen) atoms. The molecule has 0 rings (SSSR count). The molecule has 0 aromatic carbocycles. The molecule has 10 nitrogen and oxygen atoms in total. The number of aliphatic hydroxyl groups excluding tert-OH is 1. The molecule has 0 fully saturated rings. The highest BCUT2D eigenvalue weighted by Crippen LogP contribution is 2.38. The molecule has 0 aliphatic rings. The first kappa shape index (κ1) is 57.1. The Labute approximate surface area is 369 Å². The van der Waals surface area contributed by atoms with Gasteiger partial charge in [-0.2, -0.15) is 0 Å². The van der Waals surface area contributed by atoms with E-state index in [2.05, 4.69) is 86.8 Å². The molecule has 3 atom stereocenters. The SMILES string of the molecule is CC/C=C\C/C=C\C/C=C\C/C=C\C/C=C\CCCC(=O)OC[C@H](COP(=O)([O-])OCC[N+](C)(C)C)OC(=O)CC/C=C\C/C=C\C/C=C\C/C=C/C=C/C(O)C/C=C\CC. The Morgan fingerprint density at radius 2 is 1.10 bits per heavy atom. The van der Waals surface area contributed by atoms with Crippen LogP contribution >= 0.6 is 7.82 Å². The molecule has 0 heterocycles. The van der Waals surface area contributed by atoms with Crippen molar-refractivity contribution in [1.29, 1.82) is 0 Å². The second-order valence-electron chi connectivity index (χ2n) is 15.1. The molecule has 0 aromatic heterocycles. The highest BCUT2D eigenvalue weighted by atomic mass is 31.2. The summed E-state index contributed by atoms with van der Waals surface area (Å²) in [4.78, 5) is 37.5. The van der Waals surface area contributed by atoms with Crippen molar-refractivity contribution in [3.63, 3.8) is 0 Å². The lowest BCUT2D eigenvalue weighted by atomic mass is 10.2. The molecule has 0 radical (unpaired) electrons. The Hall–Kier alpha value is -3.89. The minimum Gasteiger partial charge on any atom is -0.756 e. The van der Waals surface area contributed by atoms with Gasteiger partial charge in [-0.3, -0.25) is 14.2 Å². The highest BCUT2D eigenvalue weighted by molar-refractivity contribution is 7.45. The Morgan fingerprint density at radius 3 is 1.64 bits per heavy atom. The second-order valence-corrected chi connectivity index (χ2v) is 16.6. The number of phosphoric acid groups is 1. The molecule has 0 aliphatic carbocycles. The summed E-state index contributed by atoms with van der Waals surface area (Å²) in [6.07, 6.45) is 54.1. The van der Waals surface area contributed by atoms with E-state index in [4.69, 9.17) is 18.5 Å². The molecule has 0 amide bonds. The summed E-state index contributed by atoms with van der Waals surface area (Å²) in [5.41, 5.74) is 0. The molecular formula is C50H78NO9P. The number of quaternary nitrogens is 1. The minimum atomic E-state index is -4.68. The summed E-state index contributed by atoms with van der Waals surface area (Å²) in [7, 11) is 1.04. The van der Waals surface area contributed by atoms with Gasteiger partial charge in [0.1, 0.15) is 19.8 Å². The van der Waals surface area contributed by atoms with Crippen molar-refractivity contribution in [2.24, 2.45) is 0 Å². The van der Waals surface area contributed by atoms with Crippen LogP contribution < -0.4 is 4.89 Å². The predicted octanol–water partition coefficient (Wildman–Crippen LogP) is 11.0. The van der Waals surface area contributed by atoms with Crippen molar-refractivity contribution in [2.75, 3.05) is 47.5 Å². The Kier molecular flexibility index (Phi) is 37.6. The van der Waals surface area contributed by atoms with Crippen LogP contribution in [-0.4, -0.2) is 81.2 Å². The van der Waals surface area contributed by atoms with Gasteiger partial charge in [0.15, 0.2) is 6.10 Å². The van der Waals surface area contributed by atoms with Gasteiger partial charge in [0, 0.05) is 12.8 Å². The Balaban J connectivity index is 4.65. The molecule has 0 saturated heterocycles. The first-order valence-electron chi connectivity index (χ1n) is 22.0. The van der Waals surface area contributed by atoms with E-state index in [-0.39, 0.29) is 26.1 Å². The fraction of sp³-hybridized carbons (Fsp3) is 0.520. The van der Waals surface area contributed by atoms with E-state index in [1.807, 2.05) is 75.8 Å². The van der Waals surface area contributed by atoms with Crippen LogP contribution in [0.15, 0.2) is 134 Å². The van der Waals surface area contributed by atoms with Gasteiger partial charge in [0.25, 0.3) is 7.82 Å². The third kappa shape index (κ3) is 44.0. The average molecular weight is 868 g/mol. The molecule has 0 aromatic rings. The fourth-order valence-electron chi connectivity index (χ4n) is 4.86. The first-order valence-corrected chi connectivity index (χ1v) is 23.5. The number of hydrogen-bond donors (Lipinski definition) is 1. The van der Waals surface area contributed by atoms with Crippen molar-refractivity contribution < 1.29 is 47.2 Å². The number of aliphatic hydroxyl groups is 1. The van der Waals surface area contributed by atoms with Gasteiger partial charge in [0.2, 0.25) is 0 Å². The molecule has 0 aliphatic heterocycles. The van der Waals surface area contributed by atoms with Crippen LogP contribution in [0, 0.1) is 0 Å². The largest absolute Gasteiger partial charge is 0.756 e. The van der Waals surface area contributed by atoms with Crippen LogP contribution in [0.4, 0.5) is 0 Å². The highest BCUT2D eigenvalue weighted by Gasteiger charge is 2.21. The maximum Gasteiger partial charge on any atom is 0.306 e. The van der Waals surface area contributed by atoms with Crippen molar-refractivity contribution in [1.82, 2.24) is 0 Å². The van der Waals surface area contributed by atoms with Gasteiger partial charge in [-0.1, -0.05) is 148 Å². The third-order valence-electron chi connectivity index (χ3n) is 8.26. The number of unbranched alkanes of at least 4 members (excludes halogenated alkanes) is 1. The molecular weight excluding hydrogens is 790 g/mol. The van der Waals surface area contributed by atoms with E-state index < -0.39 is 38.6 Å². The van der Waals surface area contributed by atoms with Crippen molar-refractivity contribution in [3.8, 4) is 0 Å². The minimum absolute atomic E-state index is 0.0628. The Morgan fingerprint density at radius 1 is 0.607 bits per heavy atom. The average Bonchev–Trinajstić information content (AvgIpc) is 3.21. The molecule has 342 valence electrons. The van der Waals surface area contributed by atoms with E-state index in [1.165, 1.54) is 0 Å². The zero-order valence-electron chi connectivity index (χ0n) is 37.9. The van der Waals surface area contributed by atoms with Crippen LogP contribution in [-0.2, 0) is 32.7 Å². The van der Waals surface area contributed by atoms with E-state index in [1.54, 1.807) is 6.08 Å². The van der Waals surface area contributed by atoms with Crippen LogP contribution in [0.3, 0.4) is 0 Å². The van der Waals surface area contributed by atoms with Crippen LogP contribution in [0.25, 0.3) is 0 Å². The smallest absolute Gasteiger partial charge is 0.306 e. The number of hydrogen-bond acceptors (Lipinski definition) is 9. The molecule has 2 unspecified atom stereocenters. The number of carbonyl (C=O) groups excluding carboxylic acids is 2. The summed E-state index contributed by atoms with van der Waals surface area (Å²) in [6, 6.07) is 0. The quantitative estimate of drug-likeness (QED) is 0.0162. The first-order chi connectivity index (χ1) is 29.4. The Bertz CT molecular complexity index is 1510. The number of ether oxygens (including phenoxy) is 2. The lowest BCUT2D eigenvalue weighted by Gasteiger charge is -2.28. The van der Waals surface area contributed by atoms with Gasteiger partial charge >= 0.3 is 11.9 Å². The lowest BCUT2D eigenvalue weighted by molar-refractivity contribution is -0.870. The fourth-order valence-corrected chi connectivity index (χ4v) is 5.58. The summed E-state index contributed by atoms with van der Waals surface area (Å²) in [5.74, 6) is -1.04. The number of carbonyl (C=O) groups is 2. The van der Waals surface area contributed by atoms with E-state index >= 15 is 0 Å². The number of likely N-dealkylation sites (N-methyl/N-ethyl adjacent to an activating group) is 1. The number of esters is 2. The van der Waals surface area contributed by atoms with Gasteiger partial charge < -0.3 is 33.0 Å². The number of phosphoric ester groups is 1. The lowest BCUT2D eigenvalue weighted by Crippen LogP contribution is -2.37. The van der Waals surface area contributed by atoms with Gasteiger partial charge in [0.05, 0.1) is 33.9 Å². The molecule has 1 N–H and O–H groups in total.